The van der Waals surface area contributed by atoms with Crippen LogP contribution in [-0.2, 0) is 6.54 Å². The lowest BCUT2D eigenvalue weighted by Crippen LogP contribution is -2.38. The van der Waals surface area contributed by atoms with E-state index in [0.29, 0.717) is 6.54 Å². The van der Waals surface area contributed by atoms with Crippen LogP contribution in [0.2, 0.25) is 0 Å². The molecule has 0 fully saturated rings. The highest BCUT2D eigenvalue weighted by Gasteiger charge is 2.21. The number of benzene rings is 1. The Morgan fingerprint density at radius 3 is 2.43 bits per heavy atom. The Kier molecular flexibility index (Phi) is 3.44. The molecule has 0 radical (unpaired) electrons. The summed E-state index contributed by atoms with van der Waals surface area (Å²) in [4.78, 5) is 0. The fourth-order valence-electron chi connectivity index (χ4n) is 1.07. The molecular weight excluding hydrogens is 174 g/mol. The standard InChI is InChI=1S/C12H17NO/c1-4-12(2,3)13(14)10-11-8-6-5-7-9-11/h4-9,14H,1,10H2,2-3H3. The second-order valence-electron chi connectivity index (χ2n) is 3.90. The van der Waals surface area contributed by atoms with Gasteiger partial charge in [-0.2, -0.15) is 5.06 Å². The topological polar surface area (TPSA) is 23.5 Å². The van der Waals surface area contributed by atoms with Crippen molar-refractivity contribution in [2.24, 2.45) is 0 Å². The zero-order valence-corrected chi connectivity index (χ0v) is 8.77. The normalized spacial score (nSPS) is 11.7. The second-order valence-corrected chi connectivity index (χ2v) is 3.90. The minimum Gasteiger partial charge on any atom is -0.313 e. The van der Waals surface area contributed by atoms with Crippen LogP contribution in [-0.4, -0.2) is 15.8 Å². The number of hydroxylamine groups is 2. The molecule has 1 rings (SSSR count). The average molecular weight is 191 g/mol. The maximum atomic E-state index is 9.79. The van der Waals surface area contributed by atoms with Gasteiger partial charge in [0.25, 0.3) is 0 Å². The van der Waals surface area contributed by atoms with Crippen LogP contribution < -0.4 is 0 Å². The quantitative estimate of drug-likeness (QED) is 0.584. The summed E-state index contributed by atoms with van der Waals surface area (Å²) >= 11 is 0. The minimum absolute atomic E-state index is 0.393. The van der Waals surface area contributed by atoms with Crippen molar-refractivity contribution in [3.63, 3.8) is 0 Å². The third-order valence-electron chi connectivity index (χ3n) is 2.34. The van der Waals surface area contributed by atoms with E-state index in [-0.39, 0.29) is 0 Å². The molecule has 1 aromatic rings. The van der Waals surface area contributed by atoms with Gasteiger partial charge < -0.3 is 5.21 Å². The van der Waals surface area contributed by atoms with Crippen molar-refractivity contribution >= 4 is 0 Å². The van der Waals surface area contributed by atoms with E-state index in [1.54, 1.807) is 6.08 Å². The van der Waals surface area contributed by atoms with E-state index < -0.39 is 5.54 Å². The highest BCUT2D eigenvalue weighted by Crippen LogP contribution is 2.15. The van der Waals surface area contributed by atoms with Gasteiger partial charge in [0, 0.05) is 6.54 Å². The molecule has 1 N–H and O–H groups in total. The molecule has 76 valence electrons. The fraction of sp³-hybridized carbons (Fsp3) is 0.333. The summed E-state index contributed by atoms with van der Waals surface area (Å²) in [5, 5.41) is 11.1. The van der Waals surface area contributed by atoms with Gasteiger partial charge in [-0.05, 0) is 19.4 Å². The van der Waals surface area contributed by atoms with Gasteiger partial charge in [-0.1, -0.05) is 36.4 Å². The zero-order valence-electron chi connectivity index (χ0n) is 8.77. The van der Waals surface area contributed by atoms with Crippen molar-refractivity contribution in [3.8, 4) is 0 Å². The van der Waals surface area contributed by atoms with Gasteiger partial charge in [0.15, 0.2) is 0 Å². The Bertz CT molecular complexity index is 292. The predicted octanol–water partition coefficient (Wildman–Crippen LogP) is 2.84. The third kappa shape index (κ3) is 2.69. The third-order valence-corrected chi connectivity index (χ3v) is 2.34. The Morgan fingerprint density at radius 1 is 1.36 bits per heavy atom. The molecule has 0 atom stereocenters. The predicted molar refractivity (Wildman–Crippen MR) is 58.0 cm³/mol. The molecule has 14 heavy (non-hydrogen) atoms. The van der Waals surface area contributed by atoms with Gasteiger partial charge in [-0.15, -0.1) is 6.58 Å². The summed E-state index contributed by atoms with van der Waals surface area (Å²) in [6.45, 7) is 8.05. The van der Waals surface area contributed by atoms with Crippen LogP contribution in [0.4, 0.5) is 0 Å². The van der Waals surface area contributed by atoms with E-state index in [4.69, 9.17) is 0 Å². The number of nitrogens with zero attached hydrogens (tertiary/aromatic N) is 1. The minimum atomic E-state index is -0.393. The van der Waals surface area contributed by atoms with Crippen molar-refractivity contribution < 1.29 is 5.21 Å². The van der Waals surface area contributed by atoms with Crippen LogP contribution in [0.5, 0.6) is 0 Å². The van der Waals surface area contributed by atoms with Gasteiger partial charge in [-0.25, -0.2) is 0 Å². The smallest absolute Gasteiger partial charge is 0.0584 e. The fourth-order valence-corrected chi connectivity index (χ4v) is 1.07. The second kappa shape index (κ2) is 4.40. The van der Waals surface area contributed by atoms with Gasteiger partial charge in [0.2, 0.25) is 0 Å². The average Bonchev–Trinajstić information content (AvgIpc) is 2.19. The molecule has 0 aliphatic carbocycles. The molecule has 0 amide bonds. The first kappa shape index (κ1) is 11.0. The molecule has 0 saturated carbocycles. The molecule has 0 heterocycles. The van der Waals surface area contributed by atoms with E-state index in [9.17, 15) is 5.21 Å². The summed E-state index contributed by atoms with van der Waals surface area (Å²) in [6, 6.07) is 9.86. The summed E-state index contributed by atoms with van der Waals surface area (Å²) in [7, 11) is 0. The molecular formula is C12H17NO. The molecule has 0 spiro atoms. The van der Waals surface area contributed by atoms with Crippen LogP contribution in [0.25, 0.3) is 0 Å². The largest absolute Gasteiger partial charge is 0.313 e. The van der Waals surface area contributed by atoms with Gasteiger partial charge in [-0.3, -0.25) is 0 Å². The van der Waals surface area contributed by atoms with Crippen LogP contribution in [0.15, 0.2) is 43.0 Å². The Labute approximate surface area is 85.4 Å². The molecule has 0 aliphatic heterocycles. The zero-order chi connectivity index (χ0) is 10.6. The molecule has 1 aromatic carbocycles. The Hall–Kier alpha value is -1.12. The van der Waals surface area contributed by atoms with Crippen molar-refractivity contribution in [3.05, 3.63) is 48.6 Å². The maximum Gasteiger partial charge on any atom is 0.0584 e. The molecule has 0 aliphatic rings. The molecule has 0 bridgehead atoms. The van der Waals surface area contributed by atoms with Crippen LogP contribution in [0.3, 0.4) is 0 Å². The highest BCUT2D eigenvalue weighted by molar-refractivity contribution is 5.14. The number of rotatable bonds is 4. The van der Waals surface area contributed by atoms with Crippen molar-refractivity contribution in [2.45, 2.75) is 25.9 Å². The molecule has 2 nitrogen and oxygen atoms in total. The molecule has 2 heteroatoms. The highest BCUT2D eigenvalue weighted by atomic mass is 16.5. The SMILES string of the molecule is C=CC(C)(C)N(O)Cc1ccccc1. The summed E-state index contributed by atoms with van der Waals surface area (Å²) in [5.74, 6) is 0. The van der Waals surface area contributed by atoms with Gasteiger partial charge in [0.05, 0.1) is 5.54 Å². The number of hydrogen-bond donors (Lipinski definition) is 1. The van der Waals surface area contributed by atoms with Crippen LogP contribution in [0, 0.1) is 0 Å². The van der Waals surface area contributed by atoms with E-state index in [1.807, 2.05) is 44.2 Å². The summed E-state index contributed by atoms with van der Waals surface area (Å²) < 4.78 is 0. The van der Waals surface area contributed by atoms with E-state index in [0.717, 1.165) is 5.56 Å². The van der Waals surface area contributed by atoms with E-state index in [2.05, 4.69) is 6.58 Å². The molecule has 0 saturated heterocycles. The molecule has 0 unspecified atom stereocenters. The van der Waals surface area contributed by atoms with Crippen LogP contribution >= 0.6 is 0 Å². The van der Waals surface area contributed by atoms with E-state index >= 15 is 0 Å². The lowest BCUT2D eigenvalue weighted by molar-refractivity contribution is -0.153. The Balaban J connectivity index is 2.66. The van der Waals surface area contributed by atoms with Crippen LogP contribution in [0.1, 0.15) is 19.4 Å². The first-order valence-electron chi connectivity index (χ1n) is 4.70. The van der Waals surface area contributed by atoms with E-state index in [1.165, 1.54) is 5.06 Å². The first-order valence-corrected chi connectivity index (χ1v) is 4.70. The summed E-state index contributed by atoms with van der Waals surface area (Å²) in [5.41, 5.74) is 0.695. The van der Waals surface area contributed by atoms with Crippen molar-refractivity contribution in [1.82, 2.24) is 5.06 Å². The van der Waals surface area contributed by atoms with Crippen molar-refractivity contribution in [1.29, 1.82) is 0 Å². The summed E-state index contributed by atoms with van der Waals surface area (Å²) in [6.07, 6.45) is 1.73. The van der Waals surface area contributed by atoms with Crippen molar-refractivity contribution in [2.75, 3.05) is 0 Å². The van der Waals surface area contributed by atoms with Gasteiger partial charge in [0.1, 0.15) is 0 Å². The number of hydrogen-bond acceptors (Lipinski definition) is 2. The lowest BCUT2D eigenvalue weighted by atomic mass is 10.0. The lowest BCUT2D eigenvalue weighted by Gasteiger charge is -2.30. The molecule has 0 aromatic heterocycles. The Morgan fingerprint density at radius 2 is 1.93 bits per heavy atom. The monoisotopic (exact) mass is 191 g/mol. The first-order chi connectivity index (χ1) is 6.56. The van der Waals surface area contributed by atoms with Gasteiger partial charge >= 0.3 is 0 Å². The maximum absolute atomic E-state index is 9.79.